The van der Waals surface area contributed by atoms with Gasteiger partial charge in [0.25, 0.3) is 0 Å². The highest BCUT2D eigenvalue weighted by Crippen LogP contribution is 2.10. The van der Waals surface area contributed by atoms with Gasteiger partial charge in [-0.3, -0.25) is 5.43 Å². The molecule has 1 rings (SSSR count). The van der Waals surface area contributed by atoms with Crippen molar-refractivity contribution in [2.75, 3.05) is 6.61 Å². The Hall–Kier alpha value is -1.62. The van der Waals surface area contributed by atoms with E-state index < -0.39 is 0 Å². The van der Waals surface area contributed by atoms with Crippen molar-refractivity contribution >= 4 is 23.5 Å². The summed E-state index contributed by atoms with van der Waals surface area (Å²) in [5.41, 5.74) is 8.63. The Morgan fingerprint density at radius 2 is 2.20 bits per heavy atom. The van der Waals surface area contributed by atoms with Gasteiger partial charge in [0.15, 0.2) is 5.11 Å². The number of hydrogen-bond acceptors (Lipinski definition) is 3. The van der Waals surface area contributed by atoms with E-state index in [9.17, 15) is 0 Å². The minimum absolute atomic E-state index is 0.150. The molecule has 0 unspecified atom stereocenters. The van der Waals surface area contributed by atoms with E-state index in [0.29, 0.717) is 6.61 Å². The highest BCUT2D eigenvalue weighted by atomic mass is 32.1. The summed E-state index contributed by atoms with van der Waals surface area (Å²) in [6.45, 7) is 2.61. The first-order valence-electron chi connectivity index (χ1n) is 4.53. The van der Waals surface area contributed by atoms with Crippen LogP contribution < -0.4 is 15.9 Å². The predicted octanol–water partition coefficient (Wildman–Crippen LogP) is 1.25. The molecule has 0 bridgehead atoms. The summed E-state index contributed by atoms with van der Waals surface area (Å²) in [5.74, 6) is 0.844. The summed E-state index contributed by atoms with van der Waals surface area (Å²) in [7, 11) is 0. The first-order valence-corrected chi connectivity index (χ1v) is 4.94. The molecule has 4 nitrogen and oxygen atoms in total. The third kappa shape index (κ3) is 4.42. The lowest BCUT2D eigenvalue weighted by Crippen LogP contribution is -2.23. The summed E-state index contributed by atoms with van der Waals surface area (Å²) in [6.07, 6.45) is 1.63. The van der Waals surface area contributed by atoms with Gasteiger partial charge in [-0.05, 0) is 49.0 Å². The third-order valence-electron chi connectivity index (χ3n) is 1.58. The Kier molecular flexibility index (Phi) is 4.56. The van der Waals surface area contributed by atoms with E-state index in [1.807, 2.05) is 31.2 Å². The number of nitrogens with zero attached hydrogens (tertiary/aromatic N) is 1. The molecule has 0 aliphatic rings. The van der Waals surface area contributed by atoms with E-state index in [2.05, 4.69) is 22.7 Å². The highest BCUT2D eigenvalue weighted by molar-refractivity contribution is 7.80. The molecule has 0 spiro atoms. The van der Waals surface area contributed by atoms with Crippen LogP contribution in [0.15, 0.2) is 29.4 Å². The second-order valence-corrected chi connectivity index (χ2v) is 3.18. The fourth-order valence-electron chi connectivity index (χ4n) is 0.987. The van der Waals surface area contributed by atoms with Crippen molar-refractivity contribution in [1.82, 2.24) is 5.43 Å². The Bertz CT molecular complexity index is 348. The van der Waals surface area contributed by atoms with Crippen LogP contribution in [0.25, 0.3) is 0 Å². The maximum atomic E-state index is 5.30. The normalized spacial score (nSPS) is 10.2. The number of nitrogens with one attached hydrogen (secondary N) is 1. The average Bonchev–Trinajstić information content (AvgIpc) is 2.20. The lowest BCUT2D eigenvalue weighted by atomic mass is 10.2. The Labute approximate surface area is 94.1 Å². The number of nitrogens with two attached hydrogens (primary N) is 1. The van der Waals surface area contributed by atoms with Gasteiger partial charge in [0.2, 0.25) is 0 Å². The molecule has 0 aliphatic heterocycles. The van der Waals surface area contributed by atoms with Crippen LogP contribution in [-0.2, 0) is 0 Å². The van der Waals surface area contributed by atoms with Crippen molar-refractivity contribution < 1.29 is 4.74 Å². The van der Waals surface area contributed by atoms with Gasteiger partial charge in [-0.2, -0.15) is 5.10 Å². The van der Waals surface area contributed by atoms with Gasteiger partial charge in [0.1, 0.15) is 5.75 Å². The van der Waals surface area contributed by atoms with Crippen LogP contribution in [0.1, 0.15) is 12.5 Å². The zero-order chi connectivity index (χ0) is 11.1. The fraction of sp³-hybridized carbons (Fsp3) is 0.200. The zero-order valence-corrected chi connectivity index (χ0v) is 9.25. The molecule has 0 heterocycles. The summed E-state index contributed by atoms with van der Waals surface area (Å²) >= 11 is 4.60. The van der Waals surface area contributed by atoms with E-state index in [0.717, 1.165) is 11.3 Å². The molecular formula is C10H13N3OS. The van der Waals surface area contributed by atoms with Gasteiger partial charge in [-0.25, -0.2) is 0 Å². The predicted molar refractivity (Wildman–Crippen MR) is 65.1 cm³/mol. The Morgan fingerprint density at radius 3 is 2.73 bits per heavy atom. The summed E-state index contributed by atoms with van der Waals surface area (Å²) in [6, 6.07) is 7.56. The second-order valence-electron chi connectivity index (χ2n) is 2.74. The molecule has 0 atom stereocenters. The zero-order valence-electron chi connectivity index (χ0n) is 8.43. The third-order valence-corrected chi connectivity index (χ3v) is 1.67. The van der Waals surface area contributed by atoms with E-state index in [4.69, 9.17) is 10.5 Å². The first kappa shape index (κ1) is 11.5. The highest BCUT2D eigenvalue weighted by Gasteiger charge is 1.91. The van der Waals surface area contributed by atoms with Crippen LogP contribution in [-0.4, -0.2) is 17.9 Å². The van der Waals surface area contributed by atoms with Crippen LogP contribution in [0.5, 0.6) is 5.75 Å². The van der Waals surface area contributed by atoms with Gasteiger partial charge >= 0.3 is 0 Å². The van der Waals surface area contributed by atoms with Crippen molar-refractivity contribution in [1.29, 1.82) is 0 Å². The van der Waals surface area contributed by atoms with Crippen LogP contribution in [0.3, 0.4) is 0 Å². The van der Waals surface area contributed by atoms with E-state index in [1.54, 1.807) is 6.21 Å². The molecule has 0 amide bonds. The van der Waals surface area contributed by atoms with Crippen molar-refractivity contribution in [3.63, 3.8) is 0 Å². The minimum atomic E-state index is 0.150. The van der Waals surface area contributed by atoms with Crippen molar-refractivity contribution in [2.45, 2.75) is 6.92 Å². The maximum Gasteiger partial charge on any atom is 0.184 e. The molecule has 0 radical (unpaired) electrons. The summed E-state index contributed by atoms with van der Waals surface area (Å²) in [4.78, 5) is 0. The molecule has 80 valence electrons. The first-order chi connectivity index (χ1) is 7.22. The fourth-order valence-corrected chi connectivity index (χ4v) is 1.04. The quantitative estimate of drug-likeness (QED) is 0.458. The van der Waals surface area contributed by atoms with Crippen LogP contribution in [0.4, 0.5) is 0 Å². The van der Waals surface area contributed by atoms with Gasteiger partial charge in [-0.1, -0.05) is 0 Å². The van der Waals surface area contributed by atoms with E-state index >= 15 is 0 Å². The number of thiocarbonyl (C=S) groups is 1. The Morgan fingerprint density at radius 1 is 1.53 bits per heavy atom. The average molecular weight is 223 g/mol. The molecule has 0 saturated heterocycles. The maximum absolute atomic E-state index is 5.30. The molecule has 0 aliphatic carbocycles. The molecule has 3 N–H and O–H groups in total. The summed E-state index contributed by atoms with van der Waals surface area (Å²) in [5, 5.41) is 3.98. The Balaban J connectivity index is 2.56. The van der Waals surface area contributed by atoms with Gasteiger partial charge in [0, 0.05) is 0 Å². The molecule has 5 heteroatoms. The van der Waals surface area contributed by atoms with E-state index in [-0.39, 0.29) is 5.11 Å². The van der Waals surface area contributed by atoms with E-state index in [1.165, 1.54) is 0 Å². The van der Waals surface area contributed by atoms with Gasteiger partial charge < -0.3 is 10.5 Å². The van der Waals surface area contributed by atoms with Gasteiger partial charge in [-0.15, -0.1) is 0 Å². The summed E-state index contributed by atoms with van der Waals surface area (Å²) < 4.78 is 5.30. The lowest BCUT2D eigenvalue weighted by molar-refractivity contribution is 0.340. The number of ether oxygens (including phenoxy) is 1. The smallest absolute Gasteiger partial charge is 0.184 e. The number of benzene rings is 1. The van der Waals surface area contributed by atoms with Crippen LogP contribution >= 0.6 is 12.2 Å². The van der Waals surface area contributed by atoms with Crippen molar-refractivity contribution in [2.24, 2.45) is 10.8 Å². The molecule has 0 fully saturated rings. The number of hydrogen-bond donors (Lipinski definition) is 2. The topological polar surface area (TPSA) is 59.6 Å². The standard InChI is InChI=1S/C10H13N3OS/c1-2-14-9-5-3-8(4-6-9)7-12-13-10(11)15/h3-7H,2H2,1H3,(H3,11,13,15)/b12-7+. The monoisotopic (exact) mass is 223 g/mol. The molecule has 0 aromatic heterocycles. The molecule has 1 aromatic carbocycles. The number of hydrazone groups is 1. The lowest BCUT2D eigenvalue weighted by Gasteiger charge is -2.01. The number of rotatable bonds is 4. The second kappa shape index (κ2) is 5.98. The molecule has 15 heavy (non-hydrogen) atoms. The molecule has 0 saturated carbocycles. The molecular weight excluding hydrogens is 210 g/mol. The SMILES string of the molecule is CCOc1ccc(/C=N/NC(N)=S)cc1. The minimum Gasteiger partial charge on any atom is -0.494 e. The largest absolute Gasteiger partial charge is 0.494 e. The van der Waals surface area contributed by atoms with Gasteiger partial charge in [0.05, 0.1) is 12.8 Å². The van der Waals surface area contributed by atoms with Crippen molar-refractivity contribution in [3.05, 3.63) is 29.8 Å². The van der Waals surface area contributed by atoms with Crippen molar-refractivity contribution in [3.8, 4) is 5.75 Å². The van der Waals surface area contributed by atoms with Crippen LogP contribution in [0.2, 0.25) is 0 Å². The molecule has 1 aromatic rings. The van der Waals surface area contributed by atoms with Crippen LogP contribution in [0, 0.1) is 0 Å².